The van der Waals surface area contributed by atoms with Crippen LogP contribution >= 0.6 is 27.3 Å². The lowest BCUT2D eigenvalue weighted by atomic mass is 10.1. The third kappa shape index (κ3) is 7.41. The SMILES string of the molecule is O=C(N/N=C\c1cc(Br)ccc1OCc1ccc([N+](=O)[O-])cc1)c1ccc(-c2csc(Nc3ccccc3)n2)cc1. The van der Waals surface area contributed by atoms with Gasteiger partial charge < -0.3 is 10.1 Å². The molecule has 11 heteroatoms. The van der Waals surface area contributed by atoms with Gasteiger partial charge in [0, 0.05) is 44.4 Å². The number of amides is 1. The van der Waals surface area contributed by atoms with Crippen LogP contribution < -0.4 is 15.5 Å². The molecule has 4 aromatic carbocycles. The summed E-state index contributed by atoms with van der Waals surface area (Å²) in [5.41, 5.74) is 7.11. The van der Waals surface area contributed by atoms with Crippen LogP contribution in [0.2, 0.25) is 0 Å². The number of para-hydroxylation sites is 1. The molecule has 0 bridgehead atoms. The van der Waals surface area contributed by atoms with Crippen LogP contribution in [-0.2, 0) is 6.61 Å². The molecule has 41 heavy (non-hydrogen) atoms. The topological polar surface area (TPSA) is 119 Å². The summed E-state index contributed by atoms with van der Waals surface area (Å²) in [5.74, 6) is 0.180. The number of carbonyl (C=O) groups is 1. The molecular formula is C30H22BrN5O4S. The third-order valence-corrected chi connectivity index (χ3v) is 7.11. The first kappa shape index (κ1) is 27.7. The number of nitro benzene ring substituents is 1. The molecule has 0 aliphatic carbocycles. The van der Waals surface area contributed by atoms with Gasteiger partial charge in [-0.25, -0.2) is 10.4 Å². The van der Waals surface area contributed by atoms with Crippen LogP contribution in [0.1, 0.15) is 21.5 Å². The molecule has 0 saturated heterocycles. The second-order valence-corrected chi connectivity index (χ2v) is 10.5. The van der Waals surface area contributed by atoms with E-state index in [1.54, 1.807) is 30.3 Å². The first-order chi connectivity index (χ1) is 19.9. The molecule has 0 fully saturated rings. The molecule has 1 aromatic heterocycles. The summed E-state index contributed by atoms with van der Waals surface area (Å²) in [6.07, 6.45) is 1.50. The Morgan fingerprint density at radius 2 is 1.78 bits per heavy atom. The van der Waals surface area contributed by atoms with Gasteiger partial charge >= 0.3 is 0 Å². The van der Waals surface area contributed by atoms with Crippen molar-refractivity contribution in [2.24, 2.45) is 5.10 Å². The van der Waals surface area contributed by atoms with E-state index in [0.717, 1.165) is 32.1 Å². The first-order valence-electron chi connectivity index (χ1n) is 12.3. The number of halogens is 1. The van der Waals surface area contributed by atoms with Crippen LogP contribution in [0.15, 0.2) is 112 Å². The minimum absolute atomic E-state index is 0.0176. The van der Waals surface area contributed by atoms with Crippen LogP contribution in [0.25, 0.3) is 11.3 Å². The average molecular weight is 629 g/mol. The second kappa shape index (κ2) is 13.0. The minimum atomic E-state index is -0.447. The van der Waals surface area contributed by atoms with Crippen molar-refractivity contribution in [3.8, 4) is 17.0 Å². The van der Waals surface area contributed by atoms with E-state index in [-0.39, 0.29) is 18.2 Å². The molecule has 0 aliphatic heterocycles. The van der Waals surface area contributed by atoms with E-state index in [2.05, 4.69) is 36.8 Å². The predicted octanol–water partition coefficient (Wildman–Crippen LogP) is 7.57. The number of non-ortho nitro benzene ring substituents is 1. The maximum absolute atomic E-state index is 12.7. The zero-order valence-electron chi connectivity index (χ0n) is 21.4. The summed E-state index contributed by atoms with van der Waals surface area (Å²) < 4.78 is 6.72. The van der Waals surface area contributed by atoms with E-state index in [4.69, 9.17) is 4.74 Å². The molecule has 0 saturated carbocycles. The molecular weight excluding hydrogens is 606 g/mol. The highest BCUT2D eigenvalue weighted by atomic mass is 79.9. The van der Waals surface area contributed by atoms with Crippen molar-refractivity contribution in [1.29, 1.82) is 0 Å². The maximum Gasteiger partial charge on any atom is 0.271 e. The van der Waals surface area contributed by atoms with Crippen molar-refractivity contribution in [1.82, 2.24) is 10.4 Å². The summed E-state index contributed by atoms with van der Waals surface area (Å²) in [5, 5.41) is 21.0. The van der Waals surface area contributed by atoms with Crippen molar-refractivity contribution < 1.29 is 14.5 Å². The number of thiazole rings is 1. The number of benzene rings is 4. The lowest BCUT2D eigenvalue weighted by Crippen LogP contribution is -2.17. The van der Waals surface area contributed by atoms with Gasteiger partial charge in [0.2, 0.25) is 0 Å². The molecule has 1 amide bonds. The van der Waals surface area contributed by atoms with Gasteiger partial charge in [0.1, 0.15) is 12.4 Å². The number of aromatic nitrogens is 1. The number of ether oxygens (including phenoxy) is 1. The molecule has 204 valence electrons. The zero-order chi connectivity index (χ0) is 28.6. The number of hydrogen-bond acceptors (Lipinski definition) is 8. The molecule has 0 spiro atoms. The summed E-state index contributed by atoms with van der Waals surface area (Å²) in [6.45, 7) is 0.210. The molecule has 0 aliphatic rings. The average Bonchev–Trinajstić information content (AvgIpc) is 3.46. The number of hydrogen-bond donors (Lipinski definition) is 2. The number of nitro groups is 1. The Morgan fingerprint density at radius 3 is 2.51 bits per heavy atom. The van der Waals surface area contributed by atoms with Crippen molar-refractivity contribution in [3.63, 3.8) is 0 Å². The van der Waals surface area contributed by atoms with E-state index in [9.17, 15) is 14.9 Å². The van der Waals surface area contributed by atoms with Crippen LogP contribution in [0.4, 0.5) is 16.5 Å². The highest BCUT2D eigenvalue weighted by Gasteiger charge is 2.10. The summed E-state index contributed by atoms with van der Waals surface area (Å²) in [4.78, 5) is 27.7. The number of nitrogens with one attached hydrogen (secondary N) is 2. The summed E-state index contributed by atoms with van der Waals surface area (Å²) in [7, 11) is 0. The van der Waals surface area contributed by atoms with Crippen molar-refractivity contribution in [2.75, 3.05) is 5.32 Å². The van der Waals surface area contributed by atoms with Crippen LogP contribution in [0.5, 0.6) is 5.75 Å². The molecule has 9 nitrogen and oxygen atoms in total. The molecule has 0 radical (unpaired) electrons. The molecule has 5 rings (SSSR count). The molecule has 0 unspecified atom stereocenters. The molecule has 1 heterocycles. The van der Waals surface area contributed by atoms with Gasteiger partial charge in [0.05, 0.1) is 16.8 Å². The van der Waals surface area contributed by atoms with Crippen LogP contribution in [0.3, 0.4) is 0 Å². The maximum atomic E-state index is 12.7. The van der Waals surface area contributed by atoms with E-state index in [1.807, 2.05) is 60.0 Å². The van der Waals surface area contributed by atoms with Gasteiger partial charge in [-0.3, -0.25) is 14.9 Å². The Hall–Kier alpha value is -4.87. The first-order valence-corrected chi connectivity index (χ1v) is 14.0. The van der Waals surface area contributed by atoms with Crippen LogP contribution in [-0.4, -0.2) is 22.0 Å². The number of rotatable bonds is 10. The fourth-order valence-electron chi connectivity index (χ4n) is 3.75. The van der Waals surface area contributed by atoms with E-state index >= 15 is 0 Å². The molecule has 2 N–H and O–H groups in total. The summed E-state index contributed by atoms with van der Waals surface area (Å²) in [6, 6.07) is 28.5. The minimum Gasteiger partial charge on any atom is -0.488 e. The van der Waals surface area contributed by atoms with Crippen LogP contribution in [0, 0.1) is 10.1 Å². The molecule has 0 atom stereocenters. The lowest BCUT2D eigenvalue weighted by Gasteiger charge is -2.10. The van der Waals surface area contributed by atoms with E-state index in [1.165, 1.54) is 29.7 Å². The fourth-order valence-corrected chi connectivity index (χ4v) is 4.87. The Labute approximate surface area is 247 Å². The Bertz CT molecular complexity index is 1690. The largest absolute Gasteiger partial charge is 0.488 e. The number of carbonyl (C=O) groups excluding carboxylic acids is 1. The smallest absolute Gasteiger partial charge is 0.271 e. The summed E-state index contributed by atoms with van der Waals surface area (Å²) >= 11 is 4.94. The monoisotopic (exact) mass is 627 g/mol. The third-order valence-electron chi connectivity index (χ3n) is 5.86. The second-order valence-electron chi connectivity index (χ2n) is 8.70. The zero-order valence-corrected chi connectivity index (χ0v) is 23.8. The van der Waals surface area contributed by atoms with Gasteiger partial charge in [0.15, 0.2) is 5.13 Å². The standard InChI is InChI=1S/C30H22BrN5O4S/c31-24-12-15-28(40-18-20-6-13-26(14-7-20)36(38)39)23(16-24)17-32-35-29(37)22-10-8-21(9-11-22)27-19-41-30(34-27)33-25-4-2-1-3-5-25/h1-17,19H,18H2,(H,33,34)(H,35,37)/b32-17-. The van der Waals surface area contributed by atoms with E-state index < -0.39 is 4.92 Å². The van der Waals surface area contributed by atoms with Gasteiger partial charge in [-0.05, 0) is 60.2 Å². The van der Waals surface area contributed by atoms with Crippen molar-refractivity contribution in [2.45, 2.75) is 6.61 Å². The number of nitrogens with zero attached hydrogens (tertiary/aromatic N) is 3. The van der Waals surface area contributed by atoms with E-state index in [0.29, 0.717) is 16.9 Å². The van der Waals surface area contributed by atoms with Crippen molar-refractivity contribution in [3.05, 3.63) is 134 Å². The normalized spacial score (nSPS) is 10.9. The Morgan fingerprint density at radius 1 is 1.02 bits per heavy atom. The number of anilines is 2. The van der Waals surface area contributed by atoms with Gasteiger partial charge in [0.25, 0.3) is 11.6 Å². The highest BCUT2D eigenvalue weighted by molar-refractivity contribution is 9.10. The lowest BCUT2D eigenvalue weighted by molar-refractivity contribution is -0.384. The Balaban J connectivity index is 1.19. The van der Waals surface area contributed by atoms with Gasteiger partial charge in [-0.15, -0.1) is 11.3 Å². The Kier molecular flexibility index (Phi) is 8.77. The number of hydrazone groups is 1. The fraction of sp³-hybridized carbons (Fsp3) is 0.0333. The van der Waals surface area contributed by atoms with Gasteiger partial charge in [-0.2, -0.15) is 5.10 Å². The predicted molar refractivity (Wildman–Crippen MR) is 164 cm³/mol. The van der Waals surface area contributed by atoms with Gasteiger partial charge in [-0.1, -0.05) is 46.3 Å². The highest BCUT2D eigenvalue weighted by Crippen LogP contribution is 2.27. The molecule has 5 aromatic rings. The quantitative estimate of drug-likeness (QED) is 0.0936. The van der Waals surface area contributed by atoms with Crippen molar-refractivity contribution >= 4 is 55.9 Å².